The Morgan fingerprint density at radius 1 is 1.31 bits per heavy atom. The molecule has 6 nitrogen and oxygen atoms in total. The number of benzene rings is 1. The summed E-state index contributed by atoms with van der Waals surface area (Å²) >= 11 is 13.6. The Labute approximate surface area is 164 Å². The summed E-state index contributed by atoms with van der Waals surface area (Å²) in [4.78, 5) is 31.2. The second-order valence-corrected chi connectivity index (χ2v) is 7.48. The fourth-order valence-electron chi connectivity index (χ4n) is 2.46. The van der Waals surface area contributed by atoms with Crippen LogP contribution < -0.4 is 5.32 Å². The number of aromatic nitrogens is 2. The number of aryl methyl sites for hydroxylation is 1. The van der Waals surface area contributed by atoms with Crippen LogP contribution in [0.1, 0.15) is 11.4 Å². The lowest BCUT2D eigenvalue weighted by molar-refractivity contribution is -0.132. The Kier molecular flexibility index (Phi) is 5.50. The molecule has 2 aromatic heterocycles. The number of imidazole rings is 1. The van der Waals surface area contributed by atoms with Crippen LogP contribution in [0, 0.1) is 6.92 Å². The van der Waals surface area contributed by atoms with Crippen molar-refractivity contribution in [3.8, 4) is 0 Å². The van der Waals surface area contributed by atoms with Crippen molar-refractivity contribution >= 4 is 57.0 Å². The maximum absolute atomic E-state index is 12.4. The van der Waals surface area contributed by atoms with Crippen molar-refractivity contribution < 1.29 is 9.59 Å². The molecule has 1 aromatic carbocycles. The molecule has 0 saturated heterocycles. The van der Waals surface area contributed by atoms with Crippen LogP contribution in [0.15, 0.2) is 29.8 Å². The number of rotatable bonds is 5. The number of likely N-dealkylation sites (N-methyl/N-ethyl adjacent to an activating group) is 1. The molecule has 0 bridgehead atoms. The first-order valence-electron chi connectivity index (χ1n) is 7.75. The minimum absolute atomic E-state index is 0.101. The molecule has 9 heteroatoms. The lowest BCUT2D eigenvalue weighted by atomic mass is 10.3. The first-order chi connectivity index (χ1) is 12.3. The van der Waals surface area contributed by atoms with Gasteiger partial charge in [0.1, 0.15) is 0 Å². The summed E-state index contributed by atoms with van der Waals surface area (Å²) in [6.45, 7) is 1.80. The molecule has 0 fully saturated rings. The van der Waals surface area contributed by atoms with E-state index < -0.39 is 0 Å². The lowest BCUT2D eigenvalue weighted by Crippen LogP contribution is -2.36. The molecule has 26 heavy (non-hydrogen) atoms. The predicted molar refractivity (Wildman–Crippen MR) is 104 cm³/mol. The number of carbonyl (C=O) groups is 2. The van der Waals surface area contributed by atoms with Gasteiger partial charge in [-0.3, -0.25) is 14.0 Å². The Balaban J connectivity index is 1.62. The van der Waals surface area contributed by atoms with E-state index >= 15 is 0 Å². The predicted octanol–water partition coefficient (Wildman–Crippen LogP) is 3.65. The van der Waals surface area contributed by atoms with Gasteiger partial charge in [-0.05, 0) is 19.1 Å². The molecule has 0 aliphatic carbocycles. The topological polar surface area (TPSA) is 66.7 Å². The van der Waals surface area contributed by atoms with Crippen LogP contribution in [0.3, 0.4) is 0 Å². The minimum atomic E-state index is -0.371. The van der Waals surface area contributed by atoms with Gasteiger partial charge < -0.3 is 10.2 Å². The van der Waals surface area contributed by atoms with Crippen molar-refractivity contribution in [2.24, 2.45) is 0 Å². The van der Waals surface area contributed by atoms with E-state index in [1.165, 1.54) is 16.2 Å². The van der Waals surface area contributed by atoms with Gasteiger partial charge in [-0.15, -0.1) is 11.3 Å². The normalized spacial score (nSPS) is 10.9. The van der Waals surface area contributed by atoms with Gasteiger partial charge in [0.25, 0.3) is 0 Å². The molecule has 3 rings (SSSR count). The number of anilines is 1. The third kappa shape index (κ3) is 4.00. The van der Waals surface area contributed by atoms with Gasteiger partial charge in [-0.25, -0.2) is 4.98 Å². The zero-order valence-electron chi connectivity index (χ0n) is 14.1. The number of nitrogens with zero attached hydrogens (tertiary/aromatic N) is 3. The molecule has 136 valence electrons. The fraction of sp³-hybridized carbons (Fsp3) is 0.235. The monoisotopic (exact) mass is 410 g/mol. The first-order valence-corrected chi connectivity index (χ1v) is 9.38. The van der Waals surface area contributed by atoms with Crippen LogP contribution >= 0.6 is 34.5 Å². The number of thiazole rings is 1. The van der Waals surface area contributed by atoms with Crippen molar-refractivity contribution in [1.29, 1.82) is 0 Å². The van der Waals surface area contributed by atoms with E-state index in [0.717, 1.165) is 16.3 Å². The number of nitrogens with one attached hydrogen (secondary N) is 1. The largest absolute Gasteiger partial charge is 0.336 e. The number of carbonyl (C=O) groups excluding carboxylic acids is 2. The molecule has 2 amide bonds. The maximum atomic E-state index is 12.4. The minimum Gasteiger partial charge on any atom is -0.336 e. The van der Waals surface area contributed by atoms with E-state index in [4.69, 9.17) is 23.2 Å². The lowest BCUT2D eigenvalue weighted by Gasteiger charge is -2.17. The zero-order valence-corrected chi connectivity index (χ0v) is 16.5. The number of fused-ring (bicyclic) bond motifs is 1. The van der Waals surface area contributed by atoms with Crippen molar-refractivity contribution in [1.82, 2.24) is 14.3 Å². The summed E-state index contributed by atoms with van der Waals surface area (Å²) < 4.78 is 1.90. The Bertz CT molecular complexity index is 962. The van der Waals surface area contributed by atoms with E-state index in [2.05, 4.69) is 10.3 Å². The van der Waals surface area contributed by atoms with Gasteiger partial charge in [-0.1, -0.05) is 29.3 Å². The molecule has 0 saturated carbocycles. The smallest absolute Gasteiger partial charge is 0.244 e. The summed E-state index contributed by atoms with van der Waals surface area (Å²) in [5.74, 6) is -0.541. The molecular weight excluding hydrogens is 395 g/mol. The van der Waals surface area contributed by atoms with E-state index in [0.29, 0.717) is 15.7 Å². The molecule has 1 N–H and O–H groups in total. The van der Waals surface area contributed by atoms with Crippen LogP contribution in [0.4, 0.5) is 5.69 Å². The van der Waals surface area contributed by atoms with Crippen LogP contribution in [0.25, 0.3) is 4.96 Å². The highest BCUT2D eigenvalue weighted by atomic mass is 35.5. The maximum Gasteiger partial charge on any atom is 0.244 e. The zero-order chi connectivity index (χ0) is 18.8. The third-order valence-corrected chi connectivity index (χ3v) is 5.29. The van der Waals surface area contributed by atoms with Crippen molar-refractivity contribution in [2.75, 3.05) is 18.9 Å². The first kappa shape index (κ1) is 18.7. The molecule has 0 aliphatic rings. The molecule has 0 atom stereocenters. The Morgan fingerprint density at radius 2 is 2.00 bits per heavy atom. The van der Waals surface area contributed by atoms with Crippen LogP contribution in [0.5, 0.6) is 0 Å². The van der Waals surface area contributed by atoms with E-state index in [9.17, 15) is 9.59 Å². The summed E-state index contributed by atoms with van der Waals surface area (Å²) in [6.07, 6.45) is 2.08. The van der Waals surface area contributed by atoms with Crippen molar-refractivity contribution in [2.45, 2.75) is 13.3 Å². The van der Waals surface area contributed by atoms with Crippen molar-refractivity contribution in [3.05, 3.63) is 51.2 Å². The van der Waals surface area contributed by atoms with Gasteiger partial charge >= 0.3 is 0 Å². The second kappa shape index (κ2) is 7.65. The summed E-state index contributed by atoms with van der Waals surface area (Å²) in [7, 11) is 1.58. The Morgan fingerprint density at radius 3 is 2.69 bits per heavy atom. The molecule has 0 radical (unpaired) electrons. The molecule has 0 unspecified atom stereocenters. The van der Waals surface area contributed by atoms with Crippen molar-refractivity contribution in [3.63, 3.8) is 0 Å². The van der Waals surface area contributed by atoms with Crippen LogP contribution in [-0.2, 0) is 16.0 Å². The van der Waals surface area contributed by atoms with E-state index in [1.54, 1.807) is 25.2 Å². The Hall–Kier alpha value is -2.09. The highest BCUT2D eigenvalue weighted by molar-refractivity contribution is 7.15. The summed E-state index contributed by atoms with van der Waals surface area (Å²) in [5, 5.41) is 5.23. The average molecular weight is 411 g/mol. The average Bonchev–Trinajstić information content (AvgIpc) is 3.11. The highest BCUT2D eigenvalue weighted by Crippen LogP contribution is 2.29. The van der Waals surface area contributed by atoms with Gasteiger partial charge in [0.05, 0.1) is 34.4 Å². The number of hydrogen-bond acceptors (Lipinski definition) is 4. The number of halogens is 2. The van der Waals surface area contributed by atoms with E-state index in [-0.39, 0.29) is 24.8 Å². The summed E-state index contributed by atoms with van der Waals surface area (Å²) in [6, 6.07) is 4.95. The van der Waals surface area contributed by atoms with E-state index in [1.807, 2.05) is 22.9 Å². The van der Waals surface area contributed by atoms with Crippen LogP contribution in [-0.4, -0.2) is 39.7 Å². The molecule has 0 spiro atoms. The number of amides is 2. The fourth-order valence-corrected chi connectivity index (χ4v) is 3.87. The van der Waals surface area contributed by atoms with Gasteiger partial charge in [-0.2, -0.15) is 0 Å². The molecular formula is C17H16Cl2N4O2S. The molecule has 0 aliphatic heterocycles. The highest BCUT2D eigenvalue weighted by Gasteiger charge is 2.17. The standard InChI is InChI=1S/C17H16Cl2N4O2S/c1-10-7-23-11(9-26-17(23)20-10)6-15(25)22(2)8-14(24)21-16-12(18)4-3-5-13(16)19/h3-5,7,9H,6,8H2,1-2H3,(H,21,24). The number of para-hydroxylation sites is 1. The van der Waals surface area contributed by atoms with Crippen LogP contribution in [0.2, 0.25) is 10.0 Å². The van der Waals surface area contributed by atoms with Gasteiger partial charge in [0, 0.05) is 24.3 Å². The molecule has 3 aromatic rings. The second-order valence-electron chi connectivity index (χ2n) is 5.83. The number of hydrogen-bond donors (Lipinski definition) is 1. The summed E-state index contributed by atoms with van der Waals surface area (Å²) in [5.41, 5.74) is 2.09. The molecule has 2 heterocycles. The quantitative estimate of drug-likeness (QED) is 0.697. The third-order valence-electron chi connectivity index (χ3n) is 3.77. The van der Waals surface area contributed by atoms with Gasteiger partial charge in [0.2, 0.25) is 11.8 Å². The SMILES string of the molecule is Cc1cn2c(CC(=O)N(C)CC(=O)Nc3c(Cl)cccc3Cl)csc2n1. The van der Waals surface area contributed by atoms with Gasteiger partial charge in [0.15, 0.2) is 4.96 Å².